The third-order valence-electron chi connectivity index (χ3n) is 4.55. The van der Waals surface area contributed by atoms with Crippen LogP contribution in [-0.4, -0.2) is 24.6 Å². The van der Waals surface area contributed by atoms with Crippen LogP contribution in [0.5, 0.6) is 0 Å². The molecule has 1 heterocycles. The largest absolute Gasteiger partial charge is 0.356 e. The molecular formula is C17H28ClN3. The van der Waals surface area contributed by atoms with E-state index in [1.807, 2.05) is 12.1 Å². The van der Waals surface area contributed by atoms with Crippen LogP contribution in [0.2, 0.25) is 5.02 Å². The Labute approximate surface area is 134 Å². The summed E-state index contributed by atoms with van der Waals surface area (Å²) in [6.45, 7) is 6.27. The number of hydrogen-bond donors (Lipinski definition) is 1. The van der Waals surface area contributed by atoms with Crippen molar-refractivity contribution in [2.24, 2.45) is 5.92 Å². The fourth-order valence-electron chi connectivity index (χ4n) is 3.22. The number of aromatic nitrogens is 1. The van der Waals surface area contributed by atoms with Gasteiger partial charge in [0, 0.05) is 19.6 Å². The van der Waals surface area contributed by atoms with Crippen LogP contribution in [0.4, 0.5) is 5.82 Å². The first-order valence-corrected chi connectivity index (χ1v) is 8.60. The Hall–Kier alpha value is -0.800. The van der Waals surface area contributed by atoms with E-state index in [0.29, 0.717) is 6.04 Å². The Balaban J connectivity index is 2.09. The summed E-state index contributed by atoms with van der Waals surface area (Å²) in [5.41, 5.74) is 0.956. The normalized spacial score (nSPS) is 22.3. The number of hydrogen-bond acceptors (Lipinski definition) is 3. The molecule has 1 aliphatic carbocycles. The molecule has 0 saturated heterocycles. The summed E-state index contributed by atoms with van der Waals surface area (Å²) in [5.74, 6) is 1.79. The Morgan fingerprint density at radius 1 is 1.33 bits per heavy atom. The lowest BCUT2D eigenvalue weighted by molar-refractivity contribution is 0.320. The highest BCUT2D eigenvalue weighted by Crippen LogP contribution is 2.30. The van der Waals surface area contributed by atoms with Gasteiger partial charge in [0.2, 0.25) is 0 Å². The van der Waals surface area contributed by atoms with E-state index in [-0.39, 0.29) is 0 Å². The van der Waals surface area contributed by atoms with Gasteiger partial charge in [-0.3, -0.25) is 0 Å². The van der Waals surface area contributed by atoms with Crippen molar-refractivity contribution >= 4 is 17.4 Å². The molecule has 118 valence electrons. The van der Waals surface area contributed by atoms with Crippen LogP contribution in [0.25, 0.3) is 0 Å². The van der Waals surface area contributed by atoms with Gasteiger partial charge in [-0.1, -0.05) is 38.3 Å². The maximum atomic E-state index is 6.27. The van der Waals surface area contributed by atoms with Crippen molar-refractivity contribution < 1.29 is 0 Å². The maximum Gasteiger partial charge on any atom is 0.128 e. The Morgan fingerprint density at radius 3 is 2.81 bits per heavy atom. The molecular weight excluding hydrogens is 282 g/mol. The third kappa shape index (κ3) is 4.33. The first-order valence-electron chi connectivity index (χ1n) is 8.22. The second kappa shape index (κ2) is 8.00. The van der Waals surface area contributed by atoms with E-state index in [9.17, 15) is 0 Å². The van der Waals surface area contributed by atoms with E-state index in [2.05, 4.69) is 31.1 Å². The molecule has 1 N–H and O–H groups in total. The number of halogens is 1. The molecule has 0 bridgehead atoms. The quantitative estimate of drug-likeness (QED) is 0.796. The molecule has 0 spiro atoms. The highest BCUT2D eigenvalue weighted by molar-refractivity contribution is 6.31. The highest BCUT2D eigenvalue weighted by atomic mass is 35.5. The van der Waals surface area contributed by atoms with Crippen LogP contribution in [0.3, 0.4) is 0 Å². The lowest BCUT2D eigenvalue weighted by atomic mass is 9.85. The summed E-state index contributed by atoms with van der Waals surface area (Å²) in [4.78, 5) is 7.14. The summed E-state index contributed by atoms with van der Waals surface area (Å²) < 4.78 is 0. The van der Waals surface area contributed by atoms with Gasteiger partial charge in [0.15, 0.2) is 0 Å². The number of rotatable bonds is 6. The van der Waals surface area contributed by atoms with E-state index in [0.717, 1.165) is 42.0 Å². The van der Waals surface area contributed by atoms with Gasteiger partial charge in [-0.2, -0.15) is 0 Å². The zero-order valence-corrected chi connectivity index (χ0v) is 14.3. The summed E-state index contributed by atoms with van der Waals surface area (Å²) in [6, 6.07) is 4.63. The van der Waals surface area contributed by atoms with Gasteiger partial charge in [-0.25, -0.2) is 4.98 Å². The first kappa shape index (κ1) is 16.6. The fraction of sp³-hybridized carbons (Fsp3) is 0.706. The smallest absolute Gasteiger partial charge is 0.128 e. The molecule has 0 aromatic carbocycles. The molecule has 1 aromatic heterocycles. The van der Waals surface area contributed by atoms with E-state index < -0.39 is 0 Å². The maximum absolute atomic E-state index is 6.27. The van der Waals surface area contributed by atoms with Crippen LogP contribution >= 0.6 is 11.6 Å². The van der Waals surface area contributed by atoms with Crippen molar-refractivity contribution in [3.63, 3.8) is 0 Å². The Morgan fingerprint density at radius 2 is 2.10 bits per heavy atom. The summed E-state index contributed by atoms with van der Waals surface area (Å²) in [5, 5.41) is 4.14. The molecule has 0 aliphatic heterocycles. The minimum Gasteiger partial charge on any atom is -0.356 e. The fourth-order valence-corrected chi connectivity index (χ4v) is 3.39. The van der Waals surface area contributed by atoms with Gasteiger partial charge < -0.3 is 10.2 Å². The van der Waals surface area contributed by atoms with Gasteiger partial charge >= 0.3 is 0 Å². The second-order valence-corrected chi connectivity index (χ2v) is 6.62. The predicted octanol–water partition coefficient (Wildman–Crippen LogP) is 4.25. The van der Waals surface area contributed by atoms with Gasteiger partial charge in [-0.15, -0.1) is 0 Å². The summed E-state index contributed by atoms with van der Waals surface area (Å²) in [6.07, 6.45) is 6.42. The molecule has 3 nitrogen and oxygen atoms in total. The van der Waals surface area contributed by atoms with Crippen LogP contribution in [0, 0.1) is 5.92 Å². The molecule has 1 saturated carbocycles. The Kier molecular flexibility index (Phi) is 6.31. The molecule has 0 amide bonds. The van der Waals surface area contributed by atoms with E-state index >= 15 is 0 Å². The minimum atomic E-state index is 0.601. The average Bonchev–Trinajstić information content (AvgIpc) is 2.49. The van der Waals surface area contributed by atoms with E-state index in [1.54, 1.807) is 0 Å². The third-order valence-corrected chi connectivity index (χ3v) is 4.89. The predicted molar refractivity (Wildman–Crippen MR) is 91.1 cm³/mol. The standard InChI is InChI=1S/C17H28ClN3/c1-4-11-19-12-15-14(18)9-10-17(20-15)21(3)16-8-6-5-7-13(16)2/h9-10,13,16,19H,4-8,11-12H2,1-3H3. The summed E-state index contributed by atoms with van der Waals surface area (Å²) in [7, 11) is 2.17. The van der Waals surface area contributed by atoms with Crippen molar-refractivity contribution in [3.05, 3.63) is 22.8 Å². The Bertz CT molecular complexity index is 450. The van der Waals surface area contributed by atoms with Crippen molar-refractivity contribution in [2.45, 2.75) is 58.5 Å². The first-order chi connectivity index (χ1) is 10.1. The van der Waals surface area contributed by atoms with Gasteiger partial charge in [0.1, 0.15) is 5.82 Å². The monoisotopic (exact) mass is 309 g/mol. The minimum absolute atomic E-state index is 0.601. The van der Waals surface area contributed by atoms with Crippen molar-refractivity contribution in [1.82, 2.24) is 10.3 Å². The molecule has 1 aliphatic rings. The molecule has 4 heteroatoms. The number of nitrogens with one attached hydrogen (secondary N) is 1. The SMILES string of the molecule is CCCNCc1nc(N(C)C2CCCCC2C)ccc1Cl. The molecule has 0 radical (unpaired) electrons. The molecule has 1 fully saturated rings. The van der Waals surface area contributed by atoms with Crippen LogP contribution < -0.4 is 10.2 Å². The molecule has 2 unspecified atom stereocenters. The van der Waals surface area contributed by atoms with Gasteiger partial charge in [0.05, 0.1) is 10.7 Å². The van der Waals surface area contributed by atoms with Gasteiger partial charge in [0.25, 0.3) is 0 Å². The summed E-state index contributed by atoms with van der Waals surface area (Å²) >= 11 is 6.27. The molecule has 2 atom stereocenters. The van der Waals surface area contributed by atoms with Crippen LogP contribution in [0.15, 0.2) is 12.1 Å². The lowest BCUT2D eigenvalue weighted by Gasteiger charge is -2.37. The molecule has 1 aromatic rings. The second-order valence-electron chi connectivity index (χ2n) is 6.21. The zero-order chi connectivity index (χ0) is 15.2. The zero-order valence-electron chi connectivity index (χ0n) is 13.5. The number of anilines is 1. The molecule has 2 rings (SSSR count). The lowest BCUT2D eigenvalue weighted by Crippen LogP contribution is -2.39. The van der Waals surface area contributed by atoms with Crippen LogP contribution in [0.1, 0.15) is 51.6 Å². The number of nitrogens with zero attached hydrogens (tertiary/aromatic N) is 2. The number of pyridine rings is 1. The topological polar surface area (TPSA) is 28.2 Å². The van der Waals surface area contributed by atoms with E-state index in [1.165, 1.54) is 25.7 Å². The average molecular weight is 310 g/mol. The van der Waals surface area contributed by atoms with Gasteiger partial charge in [-0.05, 0) is 43.9 Å². The highest BCUT2D eigenvalue weighted by Gasteiger charge is 2.26. The van der Waals surface area contributed by atoms with Crippen molar-refractivity contribution in [1.29, 1.82) is 0 Å². The van der Waals surface area contributed by atoms with Crippen molar-refractivity contribution in [3.8, 4) is 0 Å². The van der Waals surface area contributed by atoms with Crippen molar-refractivity contribution in [2.75, 3.05) is 18.5 Å². The molecule has 21 heavy (non-hydrogen) atoms. The van der Waals surface area contributed by atoms with E-state index in [4.69, 9.17) is 16.6 Å². The van der Waals surface area contributed by atoms with Crippen LogP contribution in [-0.2, 0) is 6.54 Å².